The van der Waals surface area contributed by atoms with Crippen molar-refractivity contribution in [2.75, 3.05) is 0 Å². The fraction of sp³-hybridized carbons (Fsp3) is 0.167. The molecule has 1 aromatic carbocycles. The molecule has 3 nitrogen and oxygen atoms in total. The fourth-order valence-corrected chi connectivity index (χ4v) is 3.50. The second kappa shape index (κ2) is 4.16. The Hall–Kier alpha value is -1.33. The van der Waals surface area contributed by atoms with Crippen molar-refractivity contribution >= 4 is 45.3 Å². The Kier molecular flexibility index (Phi) is 2.64. The Morgan fingerprint density at radius 1 is 1.41 bits per heavy atom. The topological polar surface area (TPSA) is 42.0 Å². The Labute approximate surface area is 107 Å². The number of amides is 1. The van der Waals surface area contributed by atoms with Crippen LogP contribution in [0.25, 0.3) is 16.3 Å². The second-order valence-electron chi connectivity index (χ2n) is 3.78. The summed E-state index contributed by atoms with van der Waals surface area (Å²) in [5, 5.41) is 4.67. The third-order valence-electron chi connectivity index (χ3n) is 2.48. The SMILES string of the molecule is CC1S/C(=C\c2nc3ccccc3s2)NC1=O. The van der Waals surface area contributed by atoms with E-state index in [0.717, 1.165) is 15.6 Å². The molecule has 1 fully saturated rings. The standard InChI is InChI=1S/C12H10N2OS2/c1-7-12(15)14-11(16-7)6-10-13-8-4-2-3-5-9(8)17-10/h2-7H,1H3,(H,14,15)/b11-6-. The maximum absolute atomic E-state index is 11.4. The Morgan fingerprint density at radius 2 is 2.24 bits per heavy atom. The van der Waals surface area contributed by atoms with Gasteiger partial charge in [-0.05, 0) is 19.1 Å². The van der Waals surface area contributed by atoms with Gasteiger partial charge in [-0.1, -0.05) is 23.9 Å². The minimum Gasteiger partial charge on any atom is -0.320 e. The molecule has 0 bridgehead atoms. The van der Waals surface area contributed by atoms with E-state index in [0.29, 0.717) is 0 Å². The maximum atomic E-state index is 11.4. The molecular formula is C12H10N2OS2. The average Bonchev–Trinajstić information content (AvgIpc) is 2.83. The molecule has 1 aliphatic heterocycles. The van der Waals surface area contributed by atoms with Gasteiger partial charge < -0.3 is 5.32 Å². The van der Waals surface area contributed by atoms with Crippen LogP contribution in [0.15, 0.2) is 29.3 Å². The highest BCUT2D eigenvalue weighted by Crippen LogP contribution is 2.30. The quantitative estimate of drug-likeness (QED) is 0.859. The van der Waals surface area contributed by atoms with E-state index in [1.807, 2.05) is 31.2 Å². The predicted octanol–water partition coefficient (Wildman–Crippen LogP) is 2.85. The van der Waals surface area contributed by atoms with Gasteiger partial charge in [-0.15, -0.1) is 11.3 Å². The molecule has 1 N–H and O–H groups in total. The zero-order chi connectivity index (χ0) is 11.8. The number of thiazole rings is 1. The Bertz CT molecular complexity index is 585. The number of thioether (sulfide) groups is 1. The smallest absolute Gasteiger partial charge is 0.238 e. The minimum atomic E-state index is -0.00405. The molecule has 1 unspecified atom stereocenters. The van der Waals surface area contributed by atoms with Crippen LogP contribution in [-0.2, 0) is 4.79 Å². The first-order valence-electron chi connectivity index (χ1n) is 5.27. The van der Waals surface area contributed by atoms with E-state index < -0.39 is 0 Å². The first-order valence-corrected chi connectivity index (χ1v) is 6.97. The van der Waals surface area contributed by atoms with Crippen LogP contribution in [0.4, 0.5) is 0 Å². The van der Waals surface area contributed by atoms with Crippen LogP contribution in [-0.4, -0.2) is 16.1 Å². The van der Waals surface area contributed by atoms with Crippen LogP contribution in [0.2, 0.25) is 0 Å². The van der Waals surface area contributed by atoms with Crippen LogP contribution >= 0.6 is 23.1 Å². The molecule has 1 amide bonds. The normalized spacial score (nSPS) is 22.3. The summed E-state index contributed by atoms with van der Waals surface area (Å²) in [6.45, 7) is 1.90. The van der Waals surface area contributed by atoms with Gasteiger partial charge >= 0.3 is 0 Å². The lowest BCUT2D eigenvalue weighted by molar-refractivity contribution is -0.118. The van der Waals surface area contributed by atoms with E-state index in [2.05, 4.69) is 16.4 Å². The Morgan fingerprint density at radius 3 is 2.94 bits per heavy atom. The molecule has 3 rings (SSSR count). The zero-order valence-electron chi connectivity index (χ0n) is 9.14. The third kappa shape index (κ3) is 2.08. The van der Waals surface area contributed by atoms with Crippen LogP contribution in [0, 0.1) is 0 Å². The van der Waals surface area contributed by atoms with E-state index in [9.17, 15) is 4.79 Å². The molecule has 0 aliphatic carbocycles. The second-order valence-corrected chi connectivity index (χ2v) is 6.22. The van der Waals surface area contributed by atoms with Crippen molar-refractivity contribution in [2.24, 2.45) is 0 Å². The van der Waals surface area contributed by atoms with Gasteiger partial charge in [-0.25, -0.2) is 4.98 Å². The number of hydrogen-bond donors (Lipinski definition) is 1. The lowest BCUT2D eigenvalue weighted by atomic mass is 10.3. The number of carbonyl (C=O) groups is 1. The number of carbonyl (C=O) groups excluding carboxylic acids is 1. The van der Waals surface area contributed by atoms with Crippen LogP contribution in [0.3, 0.4) is 0 Å². The van der Waals surface area contributed by atoms with Crippen molar-refractivity contribution in [3.8, 4) is 0 Å². The van der Waals surface area contributed by atoms with E-state index in [-0.39, 0.29) is 11.2 Å². The molecule has 1 aliphatic rings. The number of aromatic nitrogens is 1. The van der Waals surface area contributed by atoms with E-state index >= 15 is 0 Å². The number of rotatable bonds is 1. The minimum absolute atomic E-state index is 0.00405. The van der Waals surface area contributed by atoms with Crippen molar-refractivity contribution < 1.29 is 4.79 Å². The molecular weight excluding hydrogens is 252 g/mol. The van der Waals surface area contributed by atoms with Gasteiger partial charge in [-0.2, -0.15) is 0 Å². The lowest BCUT2D eigenvalue weighted by Gasteiger charge is -1.92. The van der Waals surface area contributed by atoms with Gasteiger partial charge in [0.2, 0.25) is 5.91 Å². The van der Waals surface area contributed by atoms with Crippen LogP contribution < -0.4 is 5.32 Å². The van der Waals surface area contributed by atoms with Gasteiger partial charge in [0.25, 0.3) is 0 Å². The molecule has 0 spiro atoms. The lowest BCUT2D eigenvalue weighted by Crippen LogP contribution is -2.19. The summed E-state index contributed by atoms with van der Waals surface area (Å²) in [7, 11) is 0. The number of nitrogens with zero attached hydrogens (tertiary/aromatic N) is 1. The first kappa shape index (κ1) is 10.8. The molecule has 2 aromatic rings. The zero-order valence-corrected chi connectivity index (χ0v) is 10.8. The first-order chi connectivity index (χ1) is 8.22. The third-order valence-corrected chi connectivity index (χ3v) is 4.51. The van der Waals surface area contributed by atoms with Crippen molar-refractivity contribution in [1.82, 2.24) is 10.3 Å². The van der Waals surface area contributed by atoms with Crippen molar-refractivity contribution in [1.29, 1.82) is 0 Å². The van der Waals surface area contributed by atoms with Gasteiger partial charge in [0.05, 0.1) is 20.5 Å². The largest absolute Gasteiger partial charge is 0.320 e. The predicted molar refractivity (Wildman–Crippen MR) is 72.8 cm³/mol. The molecule has 1 aromatic heterocycles. The van der Waals surface area contributed by atoms with Crippen molar-refractivity contribution in [3.63, 3.8) is 0 Å². The molecule has 5 heteroatoms. The molecule has 0 radical (unpaired) electrons. The van der Waals surface area contributed by atoms with Gasteiger partial charge in [-0.3, -0.25) is 4.79 Å². The summed E-state index contributed by atoms with van der Waals surface area (Å²) in [5.74, 6) is 0.0716. The van der Waals surface area contributed by atoms with Gasteiger partial charge in [0.15, 0.2) is 0 Å². The molecule has 0 saturated carbocycles. The van der Waals surface area contributed by atoms with E-state index in [4.69, 9.17) is 0 Å². The van der Waals surface area contributed by atoms with E-state index in [1.165, 1.54) is 4.70 Å². The summed E-state index contributed by atoms with van der Waals surface area (Å²) >= 11 is 3.18. The molecule has 1 atom stereocenters. The number of para-hydroxylation sites is 1. The van der Waals surface area contributed by atoms with Gasteiger partial charge in [0.1, 0.15) is 5.01 Å². The molecule has 17 heavy (non-hydrogen) atoms. The maximum Gasteiger partial charge on any atom is 0.238 e. The molecule has 86 valence electrons. The van der Waals surface area contributed by atoms with Crippen LogP contribution in [0.5, 0.6) is 0 Å². The molecule has 1 saturated heterocycles. The highest BCUT2D eigenvalue weighted by molar-refractivity contribution is 8.04. The Balaban J connectivity index is 1.95. The highest BCUT2D eigenvalue weighted by atomic mass is 32.2. The van der Waals surface area contributed by atoms with Crippen molar-refractivity contribution in [2.45, 2.75) is 12.2 Å². The average molecular weight is 262 g/mol. The number of benzene rings is 1. The van der Waals surface area contributed by atoms with Crippen molar-refractivity contribution in [3.05, 3.63) is 34.3 Å². The highest BCUT2D eigenvalue weighted by Gasteiger charge is 2.24. The monoisotopic (exact) mass is 262 g/mol. The summed E-state index contributed by atoms with van der Waals surface area (Å²) < 4.78 is 1.17. The molecule has 2 heterocycles. The number of fused-ring (bicyclic) bond motifs is 1. The van der Waals surface area contributed by atoms with Gasteiger partial charge in [0, 0.05) is 6.08 Å². The summed E-state index contributed by atoms with van der Waals surface area (Å²) in [4.78, 5) is 15.9. The fourth-order valence-electron chi connectivity index (χ4n) is 1.63. The summed E-state index contributed by atoms with van der Waals surface area (Å²) in [5.41, 5.74) is 1.01. The van der Waals surface area contributed by atoms with Crippen LogP contribution in [0.1, 0.15) is 11.9 Å². The number of nitrogens with one attached hydrogen (secondary N) is 1. The van der Waals surface area contributed by atoms with E-state index in [1.54, 1.807) is 23.1 Å². The summed E-state index contributed by atoms with van der Waals surface area (Å²) in [6, 6.07) is 8.04. The number of hydrogen-bond acceptors (Lipinski definition) is 4. The summed E-state index contributed by atoms with van der Waals surface area (Å²) in [6.07, 6.45) is 1.94.